The number of methoxy groups -OCH3 is 2. The van der Waals surface area contributed by atoms with E-state index in [1.165, 1.54) is 17.3 Å². The molecule has 1 aliphatic heterocycles. The molecule has 3 aromatic carbocycles. The Bertz CT molecular complexity index is 1270. The minimum Gasteiger partial charge on any atom is -0.493 e. The van der Waals surface area contributed by atoms with Crippen LogP contribution in [0.15, 0.2) is 78.0 Å². The largest absolute Gasteiger partial charge is 0.493 e. The Labute approximate surface area is 196 Å². The van der Waals surface area contributed by atoms with Gasteiger partial charge in [0.1, 0.15) is 0 Å². The van der Waals surface area contributed by atoms with Gasteiger partial charge in [-0.3, -0.25) is 0 Å². The van der Waals surface area contributed by atoms with Crippen LogP contribution in [0.3, 0.4) is 0 Å². The van der Waals surface area contributed by atoms with Gasteiger partial charge < -0.3 is 19.5 Å². The van der Waals surface area contributed by atoms with E-state index >= 15 is 0 Å². The highest BCUT2D eigenvalue weighted by molar-refractivity contribution is 7.98. The van der Waals surface area contributed by atoms with Gasteiger partial charge in [0.25, 0.3) is 0 Å². The summed E-state index contributed by atoms with van der Waals surface area (Å²) in [6.07, 6.45) is -0.504. The third-order valence-corrected chi connectivity index (χ3v) is 6.16. The lowest BCUT2D eigenvalue weighted by molar-refractivity contribution is 0.224. The van der Waals surface area contributed by atoms with Crippen molar-refractivity contribution in [3.05, 3.63) is 83.9 Å². The zero-order chi connectivity index (χ0) is 22.6. The Morgan fingerprint density at radius 2 is 1.70 bits per heavy atom. The number of anilines is 1. The highest BCUT2D eigenvalue weighted by Crippen LogP contribution is 2.40. The number of rotatable bonds is 6. The molecule has 0 fully saturated rings. The molecule has 5 rings (SSSR count). The summed E-state index contributed by atoms with van der Waals surface area (Å²) in [6, 6.07) is 23.8. The fourth-order valence-electron chi connectivity index (χ4n) is 3.60. The Kier molecular flexibility index (Phi) is 5.99. The second-order valence-electron chi connectivity index (χ2n) is 7.32. The van der Waals surface area contributed by atoms with Gasteiger partial charge in [-0.1, -0.05) is 60.3 Å². The molecule has 0 spiro atoms. The first-order valence-electron chi connectivity index (χ1n) is 10.4. The fraction of sp³-hybridized carbons (Fsp3) is 0.160. The topological polar surface area (TPSA) is 78.4 Å². The minimum absolute atomic E-state index is 0.429. The van der Waals surface area contributed by atoms with Crippen molar-refractivity contribution in [1.82, 2.24) is 15.2 Å². The molecule has 1 aliphatic rings. The molecule has 0 amide bonds. The molecule has 4 aromatic rings. The number of thioether (sulfide) groups is 1. The van der Waals surface area contributed by atoms with Crippen LogP contribution in [0.4, 0.5) is 5.69 Å². The predicted octanol–water partition coefficient (Wildman–Crippen LogP) is 5.35. The minimum atomic E-state index is -0.504. The lowest BCUT2D eigenvalue weighted by atomic mass is 10.1. The molecule has 1 unspecified atom stereocenters. The van der Waals surface area contributed by atoms with Gasteiger partial charge in [-0.25, -0.2) is 0 Å². The first kappa shape index (κ1) is 21.1. The van der Waals surface area contributed by atoms with E-state index in [0.717, 1.165) is 22.6 Å². The van der Waals surface area contributed by atoms with E-state index in [9.17, 15) is 0 Å². The average molecular weight is 459 g/mol. The molecule has 7 nitrogen and oxygen atoms in total. The molecule has 2 heterocycles. The number of aromatic nitrogens is 3. The van der Waals surface area contributed by atoms with Gasteiger partial charge >= 0.3 is 0 Å². The third kappa shape index (κ3) is 4.42. The van der Waals surface area contributed by atoms with Crippen LogP contribution in [0.1, 0.15) is 17.4 Å². The number of nitrogens with zero attached hydrogens (tertiary/aromatic N) is 3. The van der Waals surface area contributed by atoms with Crippen LogP contribution in [-0.2, 0) is 5.75 Å². The molecule has 0 aliphatic carbocycles. The zero-order valence-corrected chi connectivity index (χ0v) is 19.0. The van der Waals surface area contributed by atoms with Gasteiger partial charge in [-0.2, -0.15) is 4.98 Å². The third-order valence-electron chi connectivity index (χ3n) is 5.25. The van der Waals surface area contributed by atoms with E-state index in [1.807, 2.05) is 60.7 Å². The highest BCUT2D eigenvalue weighted by Gasteiger charge is 2.26. The van der Waals surface area contributed by atoms with Gasteiger partial charge in [0.15, 0.2) is 23.4 Å². The van der Waals surface area contributed by atoms with Crippen molar-refractivity contribution in [3.63, 3.8) is 0 Å². The Hall–Kier alpha value is -3.78. The smallest absolute Gasteiger partial charge is 0.247 e. The summed E-state index contributed by atoms with van der Waals surface area (Å²) in [5.41, 5.74) is 4.43. The lowest BCUT2D eigenvalue weighted by Crippen LogP contribution is -2.17. The maximum atomic E-state index is 6.36. The first-order chi connectivity index (χ1) is 16.2. The summed E-state index contributed by atoms with van der Waals surface area (Å²) in [5.74, 6) is 2.45. The van der Waals surface area contributed by atoms with E-state index in [0.29, 0.717) is 28.2 Å². The normalized spacial score (nSPS) is 14.2. The predicted molar refractivity (Wildman–Crippen MR) is 128 cm³/mol. The lowest BCUT2D eigenvalue weighted by Gasteiger charge is -2.20. The van der Waals surface area contributed by atoms with Gasteiger partial charge in [0.2, 0.25) is 11.0 Å². The Morgan fingerprint density at radius 3 is 2.52 bits per heavy atom. The summed E-state index contributed by atoms with van der Waals surface area (Å²) in [5, 5.41) is 12.8. The molecule has 0 saturated carbocycles. The van der Waals surface area contributed by atoms with Crippen molar-refractivity contribution >= 4 is 17.4 Å². The number of hydrogen-bond donors (Lipinski definition) is 1. The summed E-state index contributed by atoms with van der Waals surface area (Å²) in [6.45, 7) is 0. The number of ether oxygens (including phenoxy) is 3. The van der Waals surface area contributed by atoms with Gasteiger partial charge in [0.05, 0.1) is 14.2 Å². The average Bonchev–Trinajstić information content (AvgIpc) is 3.04. The Balaban J connectivity index is 1.50. The van der Waals surface area contributed by atoms with Crippen LogP contribution in [0.2, 0.25) is 0 Å². The van der Waals surface area contributed by atoms with Crippen LogP contribution in [0.5, 0.6) is 17.4 Å². The number of para-hydroxylation sites is 1. The Morgan fingerprint density at radius 1 is 0.909 bits per heavy atom. The molecule has 1 N–H and O–H groups in total. The van der Waals surface area contributed by atoms with E-state index in [-0.39, 0.29) is 0 Å². The molecule has 0 bridgehead atoms. The molecule has 33 heavy (non-hydrogen) atoms. The first-order valence-corrected chi connectivity index (χ1v) is 11.4. The van der Waals surface area contributed by atoms with Crippen LogP contribution < -0.4 is 19.5 Å². The molecular weight excluding hydrogens is 436 g/mol. The van der Waals surface area contributed by atoms with Crippen molar-refractivity contribution in [2.45, 2.75) is 17.1 Å². The van der Waals surface area contributed by atoms with Crippen LogP contribution in [0.25, 0.3) is 11.3 Å². The van der Waals surface area contributed by atoms with E-state index < -0.39 is 6.23 Å². The van der Waals surface area contributed by atoms with Crippen LogP contribution in [0, 0.1) is 0 Å². The van der Waals surface area contributed by atoms with Crippen molar-refractivity contribution < 1.29 is 14.2 Å². The molecule has 166 valence electrons. The summed E-state index contributed by atoms with van der Waals surface area (Å²) in [4.78, 5) is 4.71. The number of fused-ring (bicyclic) bond motifs is 3. The van der Waals surface area contributed by atoms with Gasteiger partial charge in [-0.05, 0) is 29.8 Å². The molecule has 8 heteroatoms. The van der Waals surface area contributed by atoms with Crippen LogP contribution >= 0.6 is 11.8 Å². The number of hydrogen-bond acceptors (Lipinski definition) is 8. The van der Waals surface area contributed by atoms with E-state index in [2.05, 4.69) is 27.6 Å². The standard InChI is InChI=1S/C25H22N4O3S/c1-30-20-13-12-17(14-21(20)31-2)23-26-19-11-7-6-10-18(19)22-24(32-23)27-25(29-28-22)33-15-16-8-4-3-5-9-16/h3-14,23,26H,15H2,1-2H3. The molecular formula is C25H22N4O3S. The quantitative estimate of drug-likeness (QED) is 0.387. The van der Waals surface area contributed by atoms with Gasteiger partial charge in [-0.15, -0.1) is 10.2 Å². The maximum Gasteiger partial charge on any atom is 0.247 e. The zero-order valence-electron chi connectivity index (χ0n) is 18.2. The molecule has 1 aromatic heterocycles. The van der Waals surface area contributed by atoms with Crippen molar-refractivity contribution in [3.8, 4) is 28.6 Å². The van der Waals surface area contributed by atoms with Crippen molar-refractivity contribution in [1.29, 1.82) is 0 Å². The fourth-order valence-corrected chi connectivity index (χ4v) is 4.33. The van der Waals surface area contributed by atoms with Crippen LogP contribution in [-0.4, -0.2) is 29.4 Å². The summed E-state index contributed by atoms with van der Waals surface area (Å²) < 4.78 is 17.2. The number of benzene rings is 3. The van der Waals surface area contributed by atoms with E-state index in [4.69, 9.17) is 19.2 Å². The second kappa shape index (κ2) is 9.38. The summed E-state index contributed by atoms with van der Waals surface area (Å²) >= 11 is 1.52. The summed E-state index contributed by atoms with van der Waals surface area (Å²) in [7, 11) is 3.22. The van der Waals surface area contributed by atoms with Crippen molar-refractivity contribution in [2.24, 2.45) is 0 Å². The maximum absolute atomic E-state index is 6.36. The highest BCUT2D eigenvalue weighted by atomic mass is 32.2. The van der Waals surface area contributed by atoms with E-state index in [1.54, 1.807) is 14.2 Å². The molecule has 0 radical (unpaired) electrons. The van der Waals surface area contributed by atoms with Crippen molar-refractivity contribution in [2.75, 3.05) is 19.5 Å². The monoisotopic (exact) mass is 458 g/mol. The SMILES string of the molecule is COc1ccc(C2Nc3ccccc3-c3nnc(SCc4ccccc4)nc3O2)cc1OC. The van der Waals surface area contributed by atoms with Gasteiger partial charge in [0, 0.05) is 22.6 Å². The second-order valence-corrected chi connectivity index (χ2v) is 8.27. The number of nitrogens with one attached hydrogen (secondary N) is 1. The molecule has 1 atom stereocenters. The molecule has 0 saturated heterocycles.